The Labute approximate surface area is 101 Å². The Hall–Kier alpha value is -0.0800. The number of hydrogen-bond donors (Lipinski definition) is 0. The molecule has 2 aliphatic rings. The van der Waals surface area contributed by atoms with Crippen LogP contribution in [0.4, 0.5) is 0 Å². The molecule has 0 bridgehead atoms. The zero-order valence-corrected chi connectivity index (χ0v) is 11.4. The Kier molecular flexibility index (Phi) is 3.91. The summed E-state index contributed by atoms with van der Waals surface area (Å²) in [5.74, 6) is 0.792. The van der Waals surface area contributed by atoms with Crippen molar-refractivity contribution in [2.45, 2.75) is 65.1 Å². The number of rotatable bonds is 3. The molecule has 3 unspecified atom stereocenters. The molecule has 0 saturated carbocycles. The van der Waals surface area contributed by atoms with E-state index in [1.807, 2.05) is 0 Å². The van der Waals surface area contributed by atoms with Crippen molar-refractivity contribution >= 4 is 0 Å². The highest BCUT2D eigenvalue weighted by Gasteiger charge is 2.37. The summed E-state index contributed by atoms with van der Waals surface area (Å²) >= 11 is 0. The number of piperazine rings is 1. The molecule has 0 aliphatic carbocycles. The summed E-state index contributed by atoms with van der Waals surface area (Å²) in [5, 5.41) is 0. The van der Waals surface area contributed by atoms with E-state index in [2.05, 4.69) is 37.5 Å². The van der Waals surface area contributed by atoms with E-state index in [-0.39, 0.29) is 0 Å². The molecule has 2 aliphatic heterocycles. The molecular formula is C14H28N2. The monoisotopic (exact) mass is 224 g/mol. The molecule has 3 atom stereocenters. The van der Waals surface area contributed by atoms with Crippen LogP contribution in [-0.4, -0.2) is 47.6 Å². The van der Waals surface area contributed by atoms with E-state index < -0.39 is 0 Å². The van der Waals surface area contributed by atoms with E-state index in [9.17, 15) is 0 Å². The lowest BCUT2D eigenvalue weighted by atomic mass is 9.95. The highest BCUT2D eigenvalue weighted by atomic mass is 15.3. The lowest BCUT2D eigenvalue weighted by Gasteiger charge is -2.47. The van der Waals surface area contributed by atoms with Gasteiger partial charge in [-0.15, -0.1) is 0 Å². The highest BCUT2D eigenvalue weighted by Crippen LogP contribution is 2.28. The van der Waals surface area contributed by atoms with Crippen LogP contribution in [0.5, 0.6) is 0 Å². The van der Waals surface area contributed by atoms with Gasteiger partial charge in [-0.25, -0.2) is 0 Å². The van der Waals surface area contributed by atoms with Crippen LogP contribution in [0.1, 0.15) is 47.0 Å². The molecule has 2 heterocycles. The van der Waals surface area contributed by atoms with Gasteiger partial charge < -0.3 is 0 Å². The lowest BCUT2D eigenvalue weighted by molar-refractivity contribution is 0.0118. The van der Waals surface area contributed by atoms with Gasteiger partial charge in [-0.2, -0.15) is 0 Å². The number of fused-ring (bicyclic) bond motifs is 1. The zero-order valence-electron chi connectivity index (χ0n) is 11.4. The van der Waals surface area contributed by atoms with Gasteiger partial charge in [0.1, 0.15) is 0 Å². The Balaban J connectivity index is 2.03. The van der Waals surface area contributed by atoms with Crippen molar-refractivity contribution in [2.24, 2.45) is 5.92 Å². The number of hydrogen-bond acceptors (Lipinski definition) is 2. The molecule has 0 amide bonds. The molecule has 2 heteroatoms. The predicted octanol–water partition coefficient (Wildman–Crippen LogP) is 2.59. The minimum atomic E-state index is 0.752. The normalized spacial score (nSPS) is 34.3. The molecule has 0 aromatic heterocycles. The smallest absolute Gasteiger partial charge is 0.0224 e. The molecule has 2 saturated heterocycles. The quantitative estimate of drug-likeness (QED) is 0.727. The summed E-state index contributed by atoms with van der Waals surface area (Å²) in [4.78, 5) is 5.51. The minimum Gasteiger partial charge on any atom is -0.298 e. The molecule has 2 nitrogen and oxygen atoms in total. The van der Waals surface area contributed by atoms with Crippen molar-refractivity contribution in [1.82, 2.24) is 9.80 Å². The summed E-state index contributed by atoms with van der Waals surface area (Å²) in [6.45, 7) is 13.5. The highest BCUT2D eigenvalue weighted by molar-refractivity contribution is 4.93. The van der Waals surface area contributed by atoms with Gasteiger partial charge in [-0.05, 0) is 38.6 Å². The topological polar surface area (TPSA) is 6.48 Å². The largest absolute Gasteiger partial charge is 0.298 e. The first-order chi connectivity index (χ1) is 7.63. The molecular weight excluding hydrogens is 196 g/mol. The van der Waals surface area contributed by atoms with E-state index in [0.717, 1.165) is 24.0 Å². The summed E-state index contributed by atoms with van der Waals surface area (Å²) in [6, 6.07) is 2.41. The Morgan fingerprint density at radius 3 is 2.62 bits per heavy atom. The molecule has 2 fully saturated rings. The van der Waals surface area contributed by atoms with Crippen molar-refractivity contribution in [1.29, 1.82) is 0 Å². The third-order valence-electron chi connectivity index (χ3n) is 4.60. The van der Waals surface area contributed by atoms with Gasteiger partial charge in [0, 0.05) is 31.2 Å². The van der Waals surface area contributed by atoms with Crippen LogP contribution in [0.2, 0.25) is 0 Å². The van der Waals surface area contributed by atoms with Gasteiger partial charge in [0.25, 0.3) is 0 Å². The van der Waals surface area contributed by atoms with Crippen molar-refractivity contribution in [3.8, 4) is 0 Å². The maximum Gasteiger partial charge on any atom is 0.0224 e. The average Bonchev–Trinajstić information content (AvgIpc) is 2.65. The molecule has 0 radical (unpaired) electrons. The number of nitrogens with zero attached hydrogens (tertiary/aromatic N) is 2. The fourth-order valence-corrected chi connectivity index (χ4v) is 3.76. The summed E-state index contributed by atoms with van der Waals surface area (Å²) in [6.07, 6.45) is 4.15. The van der Waals surface area contributed by atoms with E-state index in [0.29, 0.717) is 0 Å². The van der Waals surface area contributed by atoms with Gasteiger partial charge in [-0.3, -0.25) is 9.80 Å². The Morgan fingerprint density at radius 1 is 1.25 bits per heavy atom. The SMILES string of the molecule is CCC(C(C)C)N1CC2CCCN2CC1C. The van der Waals surface area contributed by atoms with Gasteiger partial charge in [0.2, 0.25) is 0 Å². The van der Waals surface area contributed by atoms with Gasteiger partial charge in [0.05, 0.1) is 0 Å². The van der Waals surface area contributed by atoms with Crippen LogP contribution in [0.15, 0.2) is 0 Å². The van der Waals surface area contributed by atoms with Crippen LogP contribution >= 0.6 is 0 Å². The first-order valence-electron chi connectivity index (χ1n) is 7.13. The average molecular weight is 224 g/mol. The van der Waals surface area contributed by atoms with E-state index >= 15 is 0 Å². The second-order valence-corrected chi connectivity index (χ2v) is 6.06. The van der Waals surface area contributed by atoms with Crippen LogP contribution in [-0.2, 0) is 0 Å². The Morgan fingerprint density at radius 2 is 2.00 bits per heavy atom. The van der Waals surface area contributed by atoms with Gasteiger partial charge >= 0.3 is 0 Å². The molecule has 2 rings (SSSR count). The van der Waals surface area contributed by atoms with Crippen molar-refractivity contribution in [2.75, 3.05) is 19.6 Å². The summed E-state index contributed by atoms with van der Waals surface area (Å²) in [7, 11) is 0. The van der Waals surface area contributed by atoms with Crippen molar-refractivity contribution < 1.29 is 0 Å². The standard InChI is InChI=1S/C14H28N2/c1-5-14(11(2)3)16-10-13-7-6-8-15(13)9-12(16)4/h11-14H,5-10H2,1-4H3. The summed E-state index contributed by atoms with van der Waals surface area (Å²) < 4.78 is 0. The van der Waals surface area contributed by atoms with Crippen LogP contribution in [0.25, 0.3) is 0 Å². The maximum absolute atomic E-state index is 2.79. The lowest BCUT2D eigenvalue weighted by Crippen LogP contribution is -2.58. The van der Waals surface area contributed by atoms with Crippen LogP contribution in [0, 0.1) is 5.92 Å². The third-order valence-corrected chi connectivity index (χ3v) is 4.60. The van der Waals surface area contributed by atoms with Crippen molar-refractivity contribution in [3.05, 3.63) is 0 Å². The molecule has 0 N–H and O–H groups in total. The maximum atomic E-state index is 2.79. The van der Waals surface area contributed by atoms with Gasteiger partial charge in [-0.1, -0.05) is 20.8 Å². The molecule has 16 heavy (non-hydrogen) atoms. The summed E-state index contributed by atoms with van der Waals surface area (Å²) in [5.41, 5.74) is 0. The first kappa shape index (κ1) is 12.4. The zero-order chi connectivity index (χ0) is 11.7. The van der Waals surface area contributed by atoms with Gasteiger partial charge in [0.15, 0.2) is 0 Å². The van der Waals surface area contributed by atoms with Crippen LogP contribution < -0.4 is 0 Å². The van der Waals surface area contributed by atoms with E-state index in [4.69, 9.17) is 0 Å². The van der Waals surface area contributed by atoms with Crippen molar-refractivity contribution in [3.63, 3.8) is 0 Å². The third kappa shape index (κ3) is 2.28. The first-order valence-corrected chi connectivity index (χ1v) is 7.13. The fourth-order valence-electron chi connectivity index (χ4n) is 3.76. The molecule has 0 spiro atoms. The van der Waals surface area contributed by atoms with Crippen LogP contribution in [0.3, 0.4) is 0 Å². The second kappa shape index (κ2) is 5.05. The molecule has 0 aromatic carbocycles. The Bertz CT molecular complexity index is 227. The molecule has 94 valence electrons. The molecule has 0 aromatic rings. The fraction of sp³-hybridized carbons (Fsp3) is 1.00. The van der Waals surface area contributed by atoms with E-state index in [1.165, 1.54) is 38.9 Å². The predicted molar refractivity (Wildman–Crippen MR) is 69.7 cm³/mol. The van der Waals surface area contributed by atoms with E-state index in [1.54, 1.807) is 0 Å². The second-order valence-electron chi connectivity index (χ2n) is 6.06. The minimum absolute atomic E-state index is 0.752.